The molecule has 2 heterocycles. The number of rotatable bonds is 10. The summed E-state index contributed by atoms with van der Waals surface area (Å²) < 4.78 is 16.5. The van der Waals surface area contributed by atoms with Crippen LogP contribution in [0.5, 0.6) is 11.8 Å². The van der Waals surface area contributed by atoms with Crippen molar-refractivity contribution < 1.29 is 24.2 Å². The van der Waals surface area contributed by atoms with E-state index >= 15 is 0 Å². The molecule has 0 aliphatic heterocycles. The molecule has 3 rings (SSSR count). The van der Waals surface area contributed by atoms with Crippen LogP contribution in [0.3, 0.4) is 0 Å². The SMILES string of the molecule is CCc1cc(-c2noc(-c3cc(CC(C)C)nc(OC)n3)n2)cc(C)c1OCC(O)CO. The zero-order valence-electron chi connectivity index (χ0n) is 19.1. The molecule has 2 N–H and O–H groups in total. The predicted octanol–water partition coefficient (Wildman–Crippen LogP) is 3.00. The molecule has 1 aromatic carbocycles. The van der Waals surface area contributed by atoms with Crippen molar-refractivity contribution in [3.63, 3.8) is 0 Å². The Morgan fingerprint density at radius 3 is 2.56 bits per heavy atom. The number of aliphatic hydroxyl groups excluding tert-OH is 2. The fourth-order valence-corrected chi connectivity index (χ4v) is 3.32. The second kappa shape index (κ2) is 10.5. The minimum atomic E-state index is -0.927. The summed E-state index contributed by atoms with van der Waals surface area (Å²) in [6, 6.07) is 5.94. The molecule has 0 saturated carbocycles. The largest absolute Gasteiger partial charge is 0.490 e. The van der Waals surface area contributed by atoms with Gasteiger partial charge in [0.1, 0.15) is 24.2 Å². The zero-order chi connectivity index (χ0) is 23.3. The normalized spacial score (nSPS) is 12.2. The van der Waals surface area contributed by atoms with Crippen molar-refractivity contribution in [1.82, 2.24) is 20.1 Å². The van der Waals surface area contributed by atoms with Crippen molar-refractivity contribution >= 4 is 0 Å². The smallest absolute Gasteiger partial charge is 0.317 e. The van der Waals surface area contributed by atoms with Gasteiger partial charge in [0, 0.05) is 11.3 Å². The van der Waals surface area contributed by atoms with E-state index in [1.165, 1.54) is 7.11 Å². The molecule has 1 atom stereocenters. The summed E-state index contributed by atoms with van der Waals surface area (Å²) in [5.41, 5.74) is 3.96. The van der Waals surface area contributed by atoms with Gasteiger partial charge in [0.25, 0.3) is 5.89 Å². The van der Waals surface area contributed by atoms with Gasteiger partial charge in [-0.2, -0.15) is 9.97 Å². The maximum absolute atomic E-state index is 9.60. The van der Waals surface area contributed by atoms with Gasteiger partial charge in [-0.15, -0.1) is 0 Å². The molecule has 1 unspecified atom stereocenters. The monoisotopic (exact) mass is 442 g/mol. The minimum Gasteiger partial charge on any atom is -0.490 e. The van der Waals surface area contributed by atoms with Crippen molar-refractivity contribution in [2.75, 3.05) is 20.3 Å². The van der Waals surface area contributed by atoms with Crippen molar-refractivity contribution in [3.05, 3.63) is 35.0 Å². The van der Waals surface area contributed by atoms with E-state index in [4.69, 9.17) is 19.1 Å². The molecule has 2 aromatic heterocycles. The molecule has 0 radical (unpaired) electrons. The topological polar surface area (TPSA) is 124 Å². The van der Waals surface area contributed by atoms with Gasteiger partial charge in [-0.25, -0.2) is 4.98 Å². The molecule has 0 saturated heterocycles. The first-order valence-corrected chi connectivity index (χ1v) is 10.7. The van der Waals surface area contributed by atoms with E-state index in [9.17, 15) is 5.11 Å². The van der Waals surface area contributed by atoms with Gasteiger partial charge < -0.3 is 24.2 Å². The molecule has 0 aliphatic rings. The molecule has 0 amide bonds. The maximum Gasteiger partial charge on any atom is 0.317 e. The lowest BCUT2D eigenvalue weighted by Crippen LogP contribution is -2.22. The van der Waals surface area contributed by atoms with E-state index in [2.05, 4.69) is 34.0 Å². The number of hydrogen-bond acceptors (Lipinski definition) is 9. The van der Waals surface area contributed by atoms with Crippen LogP contribution in [0.1, 0.15) is 37.6 Å². The van der Waals surface area contributed by atoms with Crippen molar-refractivity contribution in [1.29, 1.82) is 0 Å². The van der Waals surface area contributed by atoms with Crippen molar-refractivity contribution in [3.8, 4) is 34.7 Å². The van der Waals surface area contributed by atoms with E-state index in [0.717, 1.165) is 28.8 Å². The number of aryl methyl sites for hydroxylation is 2. The molecule has 9 heteroatoms. The summed E-state index contributed by atoms with van der Waals surface area (Å²) >= 11 is 0. The lowest BCUT2D eigenvalue weighted by molar-refractivity contribution is 0.0531. The van der Waals surface area contributed by atoms with Gasteiger partial charge in [0.15, 0.2) is 0 Å². The van der Waals surface area contributed by atoms with Crippen LogP contribution in [0.15, 0.2) is 22.7 Å². The molecule has 32 heavy (non-hydrogen) atoms. The molecular formula is C23H30N4O5. The van der Waals surface area contributed by atoms with E-state index < -0.39 is 6.10 Å². The number of hydrogen-bond donors (Lipinski definition) is 2. The molecule has 9 nitrogen and oxygen atoms in total. The minimum absolute atomic E-state index is 0.0182. The Balaban J connectivity index is 1.92. The number of ether oxygens (including phenoxy) is 2. The number of nitrogens with zero attached hydrogens (tertiary/aromatic N) is 4. The average Bonchev–Trinajstić information content (AvgIpc) is 3.27. The quantitative estimate of drug-likeness (QED) is 0.487. The van der Waals surface area contributed by atoms with Gasteiger partial charge in [-0.3, -0.25) is 0 Å². The van der Waals surface area contributed by atoms with Gasteiger partial charge in [-0.1, -0.05) is 25.9 Å². The van der Waals surface area contributed by atoms with Crippen LogP contribution in [0, 0.1) is 12.8 Å². The Morgan fingerprint density at radius 1 is 1.12 bits per heavy atom. The van der Waals surface area contributed by atoms with Crippen LogP contribution in [0.2, 0.25) is 0 Å². The Labute approximate surface area is 187 Å². The lowest BCUT2D eigenvalue weighted by Gasteiger charge is -2.16. The maximum atomic E-state index is 9.60. The van der Waals surface area contributed by atoms with Gasteiger partial charge in [0.05, 0.1) is 13.7 Å². The number of aliphatic hydroxyl groups is 2. The third-order valence-electron chi connectivity index (χ3n) is 4.83. The van der Waals surface area contributed by atoms with E-state index in [1.807, 2.05) is 32.0 Å². The van der Waals surface area contributed by atoms with Crippen LogP contribution in [-0.2, 0) is 12.8 Å². The number of benzene rings is 1. The molecule has 0 spiro atoms. The first-order chi connectivity index (χ1) is 15.3. The molecule has 172 valence electrons. The highest BCUT2D eigenvalue weighted by Crippen LogP contribution is 2.31. The van der Waals surface area contributed by atoms with Crippen LogP contribution in [-0.4, -0.2) is 56.7 Å². The summed E-state index contributed by atoms with van der Waals surface area (Å²) in [7, 11) is 1.52. The van der Waals surface area contributed by atoms with Gasteiger partial charge in [0.2, 0.25) is 5.82 Å². The molecule has 3 aromatic rings. The molecule has 0 bridgehead atoms. The second-order valence-corrected chi connectivity index (χ2v) is 8.03. The summed E-state index contributed by atoms with van der Waals surface area (Å²) in [6.07, 6.45) is 0.563. The van der Waals surface area contributed by atoms with Crippen LogP contribution >= 0.6 is 0 Å². The predicted molar refractivity (Wildman–Crippen MR) is 119 cm³/mol. The Bertz CT molecular complexity index is 1050. The Hall–Kier alpha value is -3.04. The summed E-state index contributed by atoms with van der Waals surface area (Å²) in [6.45, 7) is 7.83. The zero-order valence-corrected chi connectivity index (χ0v) is 19.1. The molecule has 0 aliphatic carbocycles. The van der Waals surface area contributed by atoms with E-state index in [0.29, 0.717) is 29.6 Å². The fraction of sp³-hybridized carbons (Fsp3) is 0.478. The average molecular weight is 443 g/mol. The standard InChI is InChI=1S/C23H30N4O5/c1-6-15-9-16(8-14(4)20(15)31-12-18(29)11-28)21-26-22(32-27-21)19-10-17(7-13(2)3)24-23(25-19)30-5/h8-10,13,18,28-29H,6-7,11-12H2,1-5H3. The molecule has 0 fully saturated rings. The fourth-order valence-electron chi connectivity index (χ4n) is 3.32. The van der Waals surface area contributed by atoms with Crippen molar-refractivity contribution in [2.45, 2.75) is 46.6 Å². The first kappa shape index (κ1) is 23.6. The highest BCUT2D eigenvalue weighted by Gasteiger charge is 2.18. The van der Waals surface area contributed by atoms with E-state index in [1.54, 1.807) is 0 Å². The Morgan fingerprint density at radius 2 is 1.91 bits per heavy atom. The summed E-state index contributed by atoms with van der Waals surface area (Å²) in [5.74, 6) is 1.83. The highest BCUT2D eigenvalue weighted by atomic mass is 16.5. The van der Waals surface area contributed by atoms with Gasteiger partial charge >= 0.3 is 6.01 Å². The Kier molecular flexibility index (Phi) is 7.76. The van der Waals surface area contributed by atoms with Gasteiger partial charge in [-0.05, 0) is 55.0 Å². The first-order valence-electron chi connectivity index (χ1n) is 10.7. The van der Waals surface area contributed by atoms with E-state index in [-0.39, 0.29) is 25.1 Å². The van der Waals surface area contributed by atoms with Crippen LogP contribution in [0.4, 0.5) is 0 Å². The third-order valence-corrected chi connectivity index (χ3v) is 4.83. The summed E-state index contributed by atoms with van der Waals surface area (Å²) in [5, 5.41) is 22.8. The van der Waals surface area contributed by atoms with Crippen LogP contribution < -0.4 is 9.47 Å². The lowest BCUT2D eigenvalue weighted by atomic mass is 10.0. The third kappa shape index (κ3) is 5.60. The highest BCUT2D eigenvalue weighted by molar-refractivity contribution is 5.63. The molecular weight excluding hydrogens is 412 g/mol. The number of aromatic nitrogens is 4. The van der Waals surface area contributed by atoms with Crippen molar-refractivity contribution in [2.24, 2.45) is 5.92 Å². The number of methoxy groups -OCH3 is 1. The second-order valence-electron chi connectivity index (χ2n) is 8.03. The van der Waals surface area contributed by atoms with Crippen LogP contribution in [0.25, 0.3) is 23.0 Å². The summed E-state index contributed by atoms with van der Waals surface area (Å²) in [4.78, 5) is 13.3.